The predicted molar refractivity (Wildman–Crippen MR) is 77.6 cm³/mol. The van der Waals surface area contributed by atoms with E-state index in [1.165, 1.54) is 0 Å². The van der Waals surface area contributed by atoms with Crippen molar-refractivity contribution < 1.29 is 9.90 Å². The van der Waals surface area contributed by atoms with E-state index in [0.29, 0.717) is 5.56 Å². The van der Waals surface area contributed by atoms with Gasteiger partial charge in [0.05, 0.1) is 11.1 Å². The SMILES string of the molecule is C=CCCCCCn1ccc2cccc(C(=O)O)c21. The summed E-state index contributed by atoms with van der Waals surface area (Å²) in [6.07, 6.45) is 8.31. The minimum atomic E-state index is -0.864. The molecule has 0 aliphatic rings. The second-order valence-electron chi connectivity index (χ2n) is 4.70. The molecule has 0 amide bonds. The molecule has 0 atom stereocenters. The molecule has 0 saturated heterocycles. The van der Waals surface area contributed by atoms with E-state index in [1.54, 1.807) is 12.1 Å². The van der Waals surface area contributed by atoms with Gasteiger partial charge in [-0.05, 0) is 31.4 Å². The third kappa shape index (κ3) is 3.05. The number of nitrogens with zero attached hydrogens (tertiary/aromatic N) is 1. The summed E-state index contributed by atoms with van der Waals surface area (Å²) in [5.74, 6) is -0.864. The van der Waals surface area contributed by atoms with E-state index < -0.39 is 5.97 Å². The van der Waals surface area contributed by atoms with Crippen molar-refractivity contribution in [2.24, 2.45) is 0 Å². The van der Waals surface area contributed by atoms with Crippen molar-refractivity contribution in [2.75, 3.05) is 0 Å². The molecule has 0 saturated carbocycles. The van der Waals surface area contributed by atoms with Crippen molar-refractivity contribution in [1.29, 1.82) is 0 Å². The van der Waals surface area contributed by atoms with Crippen LogP contribution in [0, 0.1) is 0 Å². The van der Waals surface area contributed by atoms with Crippen LogP contribution >= 0.6 is 0 Å². The lowest BCUT2D eigenvalue weighted by Crippen LogP contribution is -2.03. The number of hydrogen-bond acceptors (Lipinski definition) is 1. The zero-order valence-corrected chi connectivity index (χ0v) is 11.0. The van der Waals surface area contributed by atoms with Gasteiger partial charge in [0.1, 0.15) is 0 Å². The molecule has 1 heterocycles. The van der Waals surface area contributed by atoms with Gasteiger partial charge in [-0.15, -0.1) is 6.58 Å². The van der Waals surface area contributed by atoms with Crippen LogP contribution in [0.4, 0.5) is 0 Å². The predicted octanol–water partition coefficient (Wildman–Crippen LogP) is 4.09. The summed E-state index contributed by atoms with van der Waals surface area (Å²) < 4.78 is 2.05. The van der Waals surface area contributed by atoms with Gasteiger partial charge >= 0.3 is 5.97 Å². The quantitative estimate of drug-likeness (QED) is 0.599. The number of fused-ring (bicyclic) bond motifs is 1. The minimum absolute atomic E-state index is 0.383. The van der Waals surface area contributed by atoms with E-state index in [0.717, 1.165) is 43.1 Å². The Labute approximate surface area is 113 Å². The summed E-state index contributed by atoms with van der Waals surface area (Å²) in [6.45, 7) is 4.58. The molecular formula is C16H19NO2. The number of rotatable bonds is 7. The largest absolute Gasteiger partial charge is 0.478 e. The number of aryl methyl sites for hydroxylation is 1. The van der Waals surface area contributed by atoms with Gasteiger partial charge in [-0.2, -0.15) is 0 Å². The highest BCUT2D eigenvalue weighted by Crippen LogP contribution is 2.21. The van der Waals surface area contributed by atoms with Gasteiger partial charge in [0, 0.05) is 18.1 Å². The summed E-state index contributed by atoms with van der Waals surface area (Å²) >= 11 is 0. The lowest BCUT2D eigenvalue weighted by Gasteiger charge is -2.07. The van der Waals surface area contributed by atoms with Crippen molar-refractivity contribution in [3.63, 3.8) is 0 Å². The molecule has 0 radical (unpaired) electrons. The molecule has 2 aromatic rings. The molecule has 0 bridgehead atoms. The van der Waals surface area contributed by atoms with Crippen LogP contribution in [0.3, 0.4) is 0 Å². The molecule has 0 spiro atoms. The van der Waals surface area contributed by atoms with Crippen molar-refractivity contribution in [2.45, 2.75) is 32.2 Å². The number of carbonyl (C=O) groups is 1. The van der Waals surface area contributed by atoms with Crippen LogP contribution in [-0.2, 0) is 6.54 Å². The number of aromatic carboxylic acids is 1. The average molecular weight is 257 g/mol. The Morgan fingerprint density at radius 1 is 1.26 bits per heavy atom. The maximum atomic E-state index is 11.3. The third-order valence-electron chi connectivity index (χ3n) is 3.33. The first-order valence-electron chi connectivity index (χ1n) is 6.66. The second-order valence-corrected chi connectivity index (χ2v) is 4.70. The number of hydrogen-bond donors (Lipinski definition) is 1. The molecule has 2 rings (SSSR count). The van der Waals surface area contributed by atoms with Crippen LogP contribution < -0.4 is 0 Å². The maximum Gasteiger partial charge on any atom is 0.337 e. The standard InChI is InChI=1S/C16H19NO2/c1-2-3-4-5-6-11-17-12-10-13-8-7-9-14(15(13)17)16(18)19/h2,7-10,12H,1,3-6,11H2,(H,18,19). The van der Waals surface area contributed by atoms with Gasteiger partial charge < -0.3 is 9.67 Å². The minimum Gasteiger partial charge on any atom is -0.478 e. The fourth-order valence-electron chi connectivity index (χ4n) is 2.37. The van der Waals surface area contributed by atoms with Crippen molar-refractivity contribution >= 4 is 16.9 Å². The first kappa shape index (κ1) is 13.4. The molecule has 1 aromatic carbocycles. The van der Waals surface area contributed by atoms with Crippen LogP contribution in [0.5, 0.6) is 0 Å². The van der Waals surface area contributed by atoms with Gasteiger partial charge in [-0.3, -0.25) is 0 Å². The lowest BCUT2D eigenvalue weighted by molar-refractivity contribution is 0.0698. The Morgan fingerprint density at radius 3 is 2.84 bits per heavy atom. The Hall–Kier alpha value is -2.03. The molecular weight excluding hydrogens is 238 g/mol. The smallest absolute Gasteiger partial charge is 0.337 e. The van der Waals surface area contributed by atoms with E-state index in [-0.39, 0.29) is 0 Å². The first-order chi connectivity index (χ1) is 9.24. The maximum absolute atomic E-state index is 11.3. The number of carboxylic acid groups (broad SMARTS) is 1. The van der Waals surface area contributed by atoms with E-state index in [2.05, 4.69) is 6.58 Å². The molecule has 0 fully saturated rings. The third-order valence-corrected chi connectivity index (χ3v) is 3.33. The van der Waals surface area contributed by atoms with Crippen molar-refractivity contribution in [3.05, 3.63) is 48.7 Å². The Balaban J connectivity index is 2.14. The lowest BCUT2D eigenvalue weighted by atomic mass is 10.1. The van der Waals surface area contributed by atoms with Gasteiger partial charge in [-0.25, -0.2) is 4.79 Å². The molecule has 0 aliphatic carbocycles. The molecule has 0 unspecified atom stereocenters. The average Bonchev–Trinajstić information content (AvgIpc) is 2.81. The monoisotopic (exact) mass is 257 g/mol. The van der Waals surface area contributed by atoms with E-state index in [9.17, 15) is 9.90 Å². The van der Waals surface area contributed by atoms with Crippen molar-refractivity contribution in [3.8, 4) is 0 Å². The zero-order valence-electron chi connectivity index (χ0n) is 11.0. The molecule has 3 heteroatoms. The summed E-state index contributed by atoms with van der Waals surface area (Å²) in [7, 11) is 0. The molecule has 1 N–H and O–H groups in total. The molecule has 0 aliphatic heterocycles. The van der Waals surface area contributed by atoms with Gasteiger partial charge in [0.25, 0.3) is 0 Å². The number of carboxylic acids is 1. The van der Waals surface area contributed by atoms with E-state index in [1.807, 2.05) is 29.0 Å². The molecule has 19 heavy (non-hydrogen) atoms. The molecule has 100 valence electrons. The summed E-state index contributed by atoms with van der Waals surface area (Å²) in [5.41, 5.74) is 1.22. The van der Waals surface area contributed by atoms with Crippen LogP contribution in [-0.4, -0.2) is 15.6 Å². The van der Waals surface area contributed by atoms with Gasteiger partial charge in [0.2, 0.25) is 0 Å². The zero-order chi connectivity index (χ0) is 13.7. The van der Waals surface area contributed by atoms with E-state index >= 15 is 0 Å². The van der Waals surface area contributed by atoms with Crippen LogP contribution in [0.15, 0.2) is 43.1 Å². The normalized spacial score (nSPS) is 10.7. The van der Waals surface area contributed by atoms with Gasteiger partial charge in [0.15, 0.2) is 0 Å². The Kier molecular flexibility index (Phi) is 4.39. The van der Waals surface area contributed by atoms with Crippen molar-refractivity contribution in [1.82, 2.24) is 4.57 Å². The Bertz CT molecular complexity index is 583. The fourth-order valence-corrected chi connectivity index (χ4v) is 2.37. The fraction of sp³-hybridized carbons (Fsp3) is 0.312. The highest BCUT2D eigenvalue weighted by molar-refractivity contribution is 6.02. The highest BCUT2D eigenvalue weighted by atomic mass is 16.4. The number of benzene rings is 1. The number of allylic oxidation sites excluding steroid dienone is 1. The van der Waals surface area contributed by atoms with Crippen LogP contribution in [0.25, 0.3) is 10.9 Å². The van der Waals surface area contributed by atoms with Crippen LogP contribution in [0.2, 0.25) is 0 Å². The van der Waals surface area contributed by atoms with E-state index in [4.69, 9.17) is 0 Å². The van der Waals surface area contributed by atoms with Crippen LogP contribution in [0.1, 0.15) is 36.0 Å². The molecule has 3 nitrogen and oxygen atoms in total. The second kappa shape index (κ2) is 6.23. The number of unbranched alkanes of at least 4 members (excludes halogenated alkanes) is 3. The molecule has 1 aromatic heterocycles. The Morgan fingerprint density at radius 2 is 2.11 bits per heavy atom. The topological polar surface area (TPSA) is 42.2 Å². The number of aromatic nitrogens is 1. The number of para-hydroxylation sites is 1. The van der Waals surface area contributed by atoms with Gasteiger partial charge in [-0.1, -0.05) is 24.6 Å². The first-order valence-corrected chi connectivity index (χ1v) is 6.66. The summed E-state index contributed by atoms with van der Waals surface area (Å²) in [4.78, 5) is 11.3. The summed E-state index contributed by atoms with van der Waals surface area (Å²) in [5, 5.41) is 10.2. The highest BCUT2D eigenvalue weighted by Gasteiger charge is 2.11. The summed E-state index contributed by atoms with van der Waals surface area (Å²) in [6, 6.07) is 7.39.